The first kappa shape index (κ1) is 13.4. The van der Waals surface area contributed by atoms with E-state index in [0.29, 0.717) is 12.1 Å². The second kappa shape index (κ2) is 5.44. The molecule has 0 bridgehead atoms. The van der Waals surface area contributed by atoms with Gasteiger partial charge in [0.25, 0.3) is 0 Å². The van der Waals surface area contributed by atoms with Gasteiger partial charge in [-0.2, -0.15) is 0 Å². The van der Waals surface area contributed by atoms with E-state index < -0.39 is 11.6 Å². The maximum absolute atomic E-state index is 13.3. The number of aryl methyl sites for hydroxylation is 1. The Morgan fingerprint density at radius 3 is 2.62 bits per heavy atom. The second-order valence-electron chi connectivity index (χ2n) is 4.81. The van der Waals surface area contributed by atoms with Crippen LogP contribution in [0.25, 0.3) is 11.1 Å². The van der Waals surface area contributed by atoms with E-state index in [1.807, 2.05) is 23.8 Å². The van der Waals surface area contributed by atoms with E-state index in [1.165, 1.54) is 6.07 Å². The molecule has 0 saturated heterocycles. The number of nitrogens with zero attached hydrogens (tertiary/aromatic N) is 3. The molecule has 0 amide bonds. The van der Waals surface area contributed by atoms with Gasteiger partial charge in [-0.05, 0) is 36.2 Å². The lowest BCUT2D eigenvalue weighted by molar-refractivity contribution is 0.509. The number of pyridine rings is 1. The first-order chi connectivity index (χ1) is 10.1. The Morgan fingerprint density at radius 1 is 1.05 bits per heavy atom. The number of halogens is 2. The first-order valence-corrected chi connectivity index (χ1v) is 6.50. The van der Waals surface area contributed by atoms with Crippen molar-refractivity contribution >= 4 is 0 Å². The molecule has 106 valence electrons. The summed E-state index contributed by atoms with van der Waals surface area (Å²) in [6, 6.07) is 5.76. The molecule has 3 nitrogen and oxygen atoms in total. The fourth-order valence-corrected chi connectivity index (χ4v) is 2.18. The summed E-state index contributed by atoms with van der Waals surface area (Å²) < 4.78 is 28.3. The lowest BCUT2D eigenvalue weighted by Gasteiger charge is -2.07. The van der Waals surface area contributed by atoms with E-state index >= 15 is 0 Å². The van der Waals surface area contributed by atoms with Crippen molar-refractivity contribution in [3.8, 4) is 11.1 Å². The first-order valence-electron chi connectivity index (χ1n) is 6.50. The lowest BCUT2D eigenvalue weighted by atomic mass is 10.1. The maximum atomic E-state index is 13.3. The van der Waals surface area contributed by atoms with Crippen molar-refractivity contribution < 1.29 is 8.78 Å². The Labute approximate surface area is 120 Å². The molecule has 21 heavy (non-hydrogen) atoms. The number of aromatic nitrogens is 3. The SMILES string of the molecule is Cc1nccn1Cc1cncc(-c2ccc(F)c(F)c2)c1. The van der Waals surface area contributed by atoms with Crippen molar-refractivity contribution in [2.24, 2.45) is 0 Å². The molecule has 0 aliphatic rings. The minimum Gasteiger partial charge on any atom is -0.331 e. The minimum absolute atomic E-state index is 0.602. The normalized spacial score (nSPS) is 10.8. The van der Waals surface area contributed by atoms with E-state index in [4.69, 9.17) is 0 Å². The van der Waals surface area contributed by atoms with Gasteiger partial charge >= 0.3 is 0 Å². The summed E-state index contributed by atoms with van der Waals surface area (Å²) in [6.45, 7) is 2.56. The summed E-state index contributed by atoms with van der Waals surface area (Å²) in [5, 5.41) is 0. The largest absolute Gasteiger partial charge is 0.331 e. The fourth-order valence-electron chi connectivity index (χ4n) is 2.18. The van der Waals surface area contributed by atoms with Crippen LogP contribution in [0.5, 0.6) is 0 Å². The van der Waals surface area contributed by atoms with Crippen LogP contribution in [0.1, 0.15) is 11.4 Å². The number of imidazole rings is 1. The van der Waals surface area contributed by atoms with Gasteiger partial charge in [-0.3, -0.25) is 4.98 Å². The van der Waals surface area contributed by atoms with E-state index in [2.05, 4.69) is 9.97 Å². The van der Waals surface area contributed by atoms with Gasteiger partial charge in [-0.15, -0.1) is 0 Å². The smallest absolute Gasteiger partial charge is 0.159 e. The number of hydrogen-bond donors (Lipinski definition) is 0. The van der Waals surface area contributed by atoms with Crippen molar-refractivity contribution in [1.82, 2.24) is 14.5 Å². The topological polar surface area (TPSA) is 30.7 Å². The van der Waals surface area contributed by atoms with Crippen molar-refractivity contribution in [2.45, 2.75) is 13.5 Å². The van der Waals surface area contributed by atoms with Gasteiger partial charge in [0.15, 0.2) is 11.6 Å². The highest BCUT2D eigenvalue weighted by Gasteiger charge is 2.06. The highest BCUT2D eigenvalue weighted by atomic mass is 19.2. The van der Waals surface area contributed by atoms with Gasteiger partial charge in [0.05, 0.1) is 6.54 Å². The standard InChI is InChI=1S/C16H13F2N3/c1-11-20-4-5-21(11)10-12-6-14(9-19-8-12)13-2-3-15(17)16(18)7-13/h2-9H,10H2,1H3. The minimum atomic E-state index is -0.858. The molecule has 2 aromatic heterocycles. The monoisotopic (exact) mass is 285 g/mol. The van der Waals surface area contributed by atoms with Crippen LogP contribution >= 0.6 is 0 Å². The molecule has 3 rings (SSSR count). The molecular weight excluding hydrogens is 272 g/mol. The van der Waals surface area contributed by atoms with Crippen LogP contribution in [0.4, 0.5) is 8.78 Å². The van der Waals surface area contributed by atoms with Crippen LogP contribution in [0.3, 0.4) is 0 Å². The molecule has 0 atom stereocenters. The molecule has 2 heterocycles. The Balaban J connectivity index is 1.92. The molecule has 0 aliphatic carbocycles. The predicted octanol–water partition coefficient (Wildman–Crippen LogP) is 3.58. The molecule has 1 aromatic carbocycles. The molecule has 0 radical (unpaired) electrons. The third kappa shape index (κ3) is 2.81. The summed E-state index contributed by atoms with van der Waals surface area (Å²) in [6.07, 6.45) is 7.02. The molecule has 0 N–H and O–H groups in total. The van der Waals surface area contributed by atoms with Crippen LogP contribution in [-0.2, 0) is 6.54 Å². The van der Waals surface area contributed by atoms with Crippen LogP contribution in [0.2, 0.25) is 0 Å². The fraction of sp³-hybridized carbons (Fsp3) is 0.125. The Morgan fingerprint density at radius 2 is 1.90 bits per heavy atom. The lowest BCUT2D eigenvalue weighted by Crippen LogP contribution is -2.01. The Hall–Kier alpha value is -2.56. The van der Waals surface area contributed by atoms with Crippen molar-refractivity contribution in [2.75, 3.05) is 0 Å². The Bertz CT molecular complexity index is 781. The highest BCUT2D eigenvalue weighted by molar-refractivity contribution is 5.63. The zero-order chi connectivity index (χ0) is 14.8. The Kier molecular flexibility index (Phi) is 3.48. The molecular formula is C16H13F2N3. The van der Waals surface area contributed by atoms with Crippen molar-refractivity contribution in [1.29, 1.82) is 0 Å². The van der Waals surface area contributed by atoms with E-state index in [1.54, 1.807) is 24.7 Å². The molecule has 0 fully saturated rings. The molecule has 3 aromatic rings. The van der Waals surface area contributed by atoms with Gasteiger partial charge in [0.2, 0.25) is 0 Å². The number of rotatable bonds is 3. The van der Waals surface area contributed by atoms with Crippen molar-refractivity contribution in [3.63, 3.8) is 0 Å². The van der Waals surface area contributed by atoms with Gasteiger partial charge in [0, 0.05) is 30.4 Å². The average molecular weight is 285 g/mol. The number of benzene rings is 1. The predicted molar refractivity (Wildman–Crippen MR) is 75.7 cm³/mol. The zero-order valence-electron chi connectivity index (χ0n) is 11.4. The average Bonchev–Trinajstić information content (AvgIpc) is 2.88. The molecule has 0 unspecified atom stereocenters. The summed E-state index contributed by atoms with van der Waals surface area (Å²) in [5.74, 6) is -0.798. The third-order valence-corrected chi connectivity index (χ3v) is 3.32. The maximum Gasteiger partial charge on any atom is 0.159 e. The van der Waals surface area contributed by atoms with Gasteiger partial charge < -0.3 is 4.57 Å². The summed E-state index contributed by atoms with van der Waals surface area (Å²) >= 11 is 0. The molecule has 0 spiro atoms. The highest BCUT2D eigenvalue weighted by Crippen LogP contribution is 2.22. The van der Waals surface area contributed by atoms with E-state index in [9.17, 15) is 8.78 Å². The van der Waals surface area contributed by atoms with E-state index in [-0.39, 0.29) is 0 Å². The van der Waals surface area contributed by atoms with Gasteiger partial charge in [-0.25, -0.2) is 13.8 Å². The zero-order valence-corrected chi connectivity index (χ0v) is 11.4. The van der Waals surface area contributed by atoms with Crippen LogP contribution in [-0.4, -0.2) is 14.5 Å². The van der Waals surface area contributed by atoms with E-state index in [0.717, 1.165) is 23.0 Å². The molecule has 0 aliphatic heterocycles. The third-order valence-electron chi connectivity index (χ3n) is 3.32. The molecule has 0 saturated carbocycles. The molecule has 5 heteroatoms. The van der Waals surface area contributed by atoms with Gasteiger partial charge in [-0.1, -0.05) is 6.07 Å². The summed E-state index contributed by atoms with van der Waals surface area (Å²) in [5.41, 5.74) is 2.33. The summed E-state index contributed by atoms with van der Waals surface area (Å²) in [7, 11) is 0. The quantitative estimate of drug-likeness (QED) is 0.736. The van der Waals surface area contributed by atoms with Crippen LogP contribution in [0, 0.1) is 18.6 Å². The summed E-state index contributed by atoms with van der Waals surface area (Å²) in [4.78, 5) is 8.34. The number of hydrogen-bond acceptors (Lipinski definition) is 2. The second-order valence-corrected chi connectivity index (χ2v) is 4.81. The van der Waals surface area contributed by atoms with Crippen LogP contribution < -0.4 is 0 Å². The van der Waals surface area contributed by atoms with Crippen LogP contribution in [0.15, 0.2) is 49.1 Å². The van der Waals surface area contributed by atoms with Gasteiger partial charge in [0.1, 0.15) is 5.82 Å². The van der Waals surface area contributed by atoms with Crippen molar-refractivity contribution in [3.05, 3.63) is 72.1 Å².